The Balaban J connectivity index is 0.00000300. The zero-order chi connectivity index (χ0) is 19.8. The van der Waals surface area contributed by atoms with Gasteiger partial charge in [-0.1, -0.05) is 25.3 Å². The molecule has 1 unspecified atom stereocenters. The second kappa shape index (κ2) is 12.2. The number of rotatable bonds is 6. The number of guanidine groups is 1. The molecule has 1 aromatic rings. The van der Waals surface area contributed by atoms with E-state index >= 15 is 0 Å². The van der Waals surface area contributed by atoms with Crippen LogP contribution in [0.5, 0.6) is 5.88 Å². The van der Waals surface area contributed by atoms with Crippen LogP contribution in [0.15, 0.2) is 23.3 Å². The van der Waals surface area contributed by atoms with Gasteiger partial charge >= 0.3 is 0 Å². The molecular weight excluding hydrogens is 481 g/mol. The van der Waals surface area contributed by atoms with Gasteiger partial charge in [0.1, 0.15) is 0 Å². The van der Waals surface area contributed by atoms with Crippen molar-refractivity contribution in [3.63, 3.8) is 0 Å². The van der Waals surface area contributed by atoms with E-state index in [1.165, 1.54) is 19.3 Å². The molecule has 1 aliphatic carbocycles. The van der Waals surface area contributed by atoms with Gasteiger partial charge in [-0.05, 0) is 32.3 Å². The smallest absolute Gasteiger partial charge is 0.225 e. The van der Waals surface area contributed by atoms with Gasteiger partial charge in [0.2, 0.25) is 11.8 Å². The molecule has 2 fully saturated rings. The van der Waals surface area contributed by atoms with Gasteiger partial charge in [-0.25, -0.2) is 9.98 Å². The van der Waals surface area contributed by atoms with Crippen LogP contribution in [-0.2, 0) is 11.3 Å². The molecule has 162 valence electrons. The highest BCUT2D eigenvalue weighted by molar-refractivity contribution is 14.0. The lowest BCUT2D eigenvalue weighted by Gasteiger charge is -2.26. The second-order valence-electron chi connectivity index (χ2n) is 7.62. The van der Waals surface area contributed by atoms with Crippen molar-refractivity contribution in [3.8, 4) is 5.88 Å². The summed E-state index contributed by atoms with van der Waals surface area (Å²) >= 11 is 0. The first-order valence-electron chi connectivity index (χ1n) is 10.5. The number of hydrogen-bond acceptors (Lipinski definition) is 4. The van der Waals surface area contributed by atoms with Crippen molar-refractivity contribution in [2.45, 2.75) is 58.0 Å². The van der Waals surface area contributed by atoms with E-state index in [-0.39, 0.29) is 35.9 Å². The molecule has 1 aliphatic heterocycles. The number of carbonyl (C=O) groups is 1. The first kappa shape index (κ1) is 23.7. The van der Waals surface area contributed by atoms with Crippen LogP contribution in [0.3, 0.4) is 0 Å². The van der Waals surface area contributed by atoms with Crippen LogP contribution in [0.1, 0.15) is 51.0 Å². The van der Waals surface area contributed by atoms with E-state index in [4.69, 9.17) is 4.74 Å². The van der Waals surface area contributed by atoms with Crippen LogP contribution in [0.4, 0.5) is 0 Å². The van der Waals surface area contributed by atoms with Gasteiger partial charge in [-0.2, -0.15) is 0 Å². The molecule has 8 heteroatoms. The van der Waals surface area contributed by atoms with E-state index in [0.717, 1.165) is 50.4 Å². The molecule has 7 nitrogen and oxygen atoms in total. The fraction of sp³-hybridized carbons (Fsp3) is 0.667. The summed E-state index contributed by atoms with van der Waals surface area (Å²) < 4.78 is 5.30. The molecule has 2 N–H and O–H groups in total. The molecule has 1 aromatic heterocycles. The molecule has 29 heavy (non-hydrogen) atoms. The predicted octanol–water partition coefficient (Wildman–Crippen LogP) is 2.94. The number of nitrogens with zero attached hydrogens (tertiary/aromatic N) is 3. The number of hydrogen-bond donors (Lipinski definition) is 2. The lowest BCUT2D eigenvalue weighted by Crippen LogP contribution is -2.45. The van der Waals surface area contributed by atoms with Crippen LogP contribution in [0.2, 0.25) is 0 Å². The van der Waals surface area contributed by atoms with E-state index < -0.39 is 0 Å². The third-order valence-corrected chi connectivity index (χ3v) is 5.59. The molecule has 0 spiro atoms. The van der Waals surface area contributed by atoms with Crippen molar-refractivity contribution in [3.05, 3.63) is 23.9 Å². The molecule has 3 rings (SSSR count). The van der Waals surface area contributed by atoms with Gasteiger partial charge in [0, 0.05) is 43.4 Å². The highest BCUT2D eigenvalue weighted by Gasteiger charge is 2.31. The van der Waals surface area contributed by atoms with E-state index in [2.05, 4.69) is 27.5 Å². The van der Waals surface area contributed by atoms with Gasteiger partial charge in [0.05, 0.1) is 13.7 Å². The highest BCUT2D eigenvalue weighted by atomic mass is 127. The minimum Gasteiger partial charge on any atom is -0.481 e. The number of pyridine rings is 1. The maximum absolute atomic E-state index is 12.8. The summed E-state index contributed by atoms with van der Waals surface area (Å²) in [4.78, 5) is 23.7. The van der Waals surface area contributed by atoms with Crippen LogP contribution in [0.25, 0.3) is 0 Å². The molecule has 0 bridgehead atoms. The largest absolute Gasteiger partial charge is 0.481 e. The standard InChI is InChI=1S/C21H33N5O2.HI/c1-3-22-21(24-14-17-10-7-12-23-19(17)28-2)25-18-11-13-26(15-18)20(27)16-8-5-4-6-9-16;/h7,10,12,16,18H,3-6,8-9,11,13-15H2,1-2H3,(H2,22,24,25);1H. The zero-order valence-corrected chi connectivity index (χ0v) is 19.9. The second-order valence-corrected chi connectivity index (χ2v) is 7.62. The number of aromatic nitrogens is 1. The van der Waals surface area contributed by atoms with Crippen molar-refractivity contribution >= 4 is 35.8 Å². The Kier molecular flexibility index (Phi) is 9.96. The topological polar surface area (TPSA) is 78.9 Å². The number of aliphatic imine (C=N–C) groups is 1. The summed E-state index contributed by atoms with van der Waals surface area (Å²) in [5, 5.41) is 6.80. The Hall–Kier alpha value is -1.58. The molecule has 1 saturated heterocycles. The molecule has 0 radical (unpaired) electrons. The van der Waals surface area contributed by atoms with E-state index in [1.54, 1.807) is 13.3 Å². The number of methoxy groups -OCH3 is 1. The average molecular weight is 515 g/mol. The molecule has 1 atom stereocenters. The lowest BCUT2D eigenvalue weighted by atomic mass is 9.88. The Morgan fingerprint density at radius 1 is 1.31 bits per heavy atom. The number of carbonyl (C=O) groups excluding carboxylic acids is 1. The summed E-state index contributed by atoms with van der Waals surface area (Å²) in [6.07, 6.45) is 8.46. The quantitative estimate of drug-likeness (QED) is 0.346. The van der Waals surface area contributed by atoms with Gasteiger partial charge in [-0.15, -0.1) is 24.0 Å². The summed E-state index contributed by atoms with van der Waals surface area (Å²) in [6.45, 7) is 4.92. The average Bonchev–Trinajstić information content (AvgIpc) is 3.21. The van der Waals surface area contributed by atoms with Crippen LogP contribution in [-0.4, -0.2) is 54.5 Å². The predicted molar refractivity (Wildman–Crippen MR) is 126 cm³/mol. The van der Waals surface area contributed by atoms with E-state index in [1.807, 2.05) is 17.0 Å². The lowest BCUT2D eigenvalue weighted by molar-refractivity contribution is -0.135. The Morgan fingerprint density at radius 3 is 2.83 bits per heavy atom. The molecule has 1 saturated carbocycles. The summed E-state index contributed by atoms with van der Waals surface area (Å²) in [7, 11) is 1.62. The van der Waals surface area contributed by atoms with Gasteiger partial charge < -0.3 is 20.3 Å². The first-order valence-corrected chi connectivity index (χ1v) is 10.5. The third kappa shape index (κ3) is 6.72. The maximum atomic E-state index is 12.8. The van der Waals surface area contributed by atoms with Gasteiger partial charge in [0.15, 0.2) is 5.96 Å². The number of likely N-dealkylation sites (tertiary alicyclic amines) is 1. The van der Waals surface area contributed by atoms with Crippen molar-refractivity contribution in [2.24, 2.45) is 10.9 Å². The van der Waals surface area contributed by atoms with Crippen LogP contribution >= 0.6 is 24.0 Å². The number of ether oxygens (including phenoxy) is 1. The van der Waals surface area contributed by atoms with Crippen molar-refractivity contribution in [2.75, 3.05) is 26.7 Å². The summed E-state index contributed by atoms with van der Waals surface area (Å²) in [5.74, 6) is 1.97. The van der Waals surface area contributed by atoms with Crippen LogP contribution in [0, 0.1) is 5.92 Å². The molecule has 1 amide bonds. The first-order chi connectivity index (χ1) is 13.7. The number of halogens is 1. The fourth-order valence-corrected chi connectivity index (χ4v) is 4.09. The normalized spacial score (nSPS) is 20.1. The molecule has 0 aromatic carbocycles. The van der Waals surface area contributed by atoms with E-state index in [9.17, 15) is 4.79 Å². The monoisotopic (exact) mass is 515 g/mol. The fourth-order valence-electron chi connectivity index (χ4n) is 4.09. The molecule has 2 heterocycles. The summed E-state index contributed by atoms with van der Waals surface area (Å²) in [5.41, 5.74) is 0.947. The Morgan fingerprint density at radius 2 is 2.10 bits per heavy atom. The van der Waals surface area contributed by atoms with Crippen molar-refractivity contribution in [1.29, 1.82) is 0 Å². The SMILES string of the molecule is CCNC(=NCc1cccnc1OC)NC1CCN(C(=O)C2CCCCC2)C1.I. The number of nitrogens with one attached hydrogen (secondary N) is 2. The van der Waals surface area contributed by atoms with E-state index in [0.29, 0.717) is 18.3 Å². The summed E-state index contributed by atoms with van der Waals surface area (Å²) in [6, 6.07) is 4.10. The maximum Gasteiger partial charge on any atom is 0.225 e. The van der Waals surface area contributed by atoms with Crippen molar-refractivity contribution < 1.29 is 9.53 Å². The molecule has 2 aliphatic rings. The van der Waals surface area contributed by atoms with Gasteiger partial charge in [-0.3, -0.25) is 4.79 Å². The zero-order valence-electron chi connectivity index (χ0n) is 17.5. The Bertz CT molecular complexity index is 679. The molecular formula is C21H34IN5O2. The Labute approximate surface area is 191 Å². The third-order valence-electron chi connectivity index (χ3n) is 5.59. The highest BCUT2D eigenvalue weighted by Crippen LogP contribution is 2.26. The minimum absolute atomic E-state index is 0. The van der Waals surface area contributed by atoms with Gasteiger partial charge in [0.25, 0.3) is 0 Å². The minimum atomic E-state index is 0. The number of amides is 1. The van der Waals surface area contributed by atoms with Crippen LogP contribution < -0.4 is 15.4 Å². The van der Waals surface area contributed by atoms with Crippen molar-refractivity contribution in [1.82, 2.24) is 20.5 Å².